The molecule has 30 heavy (non-hydrogen) atoms. The molecule has 2 aliphatic rings. The highest BCUT2D eigenvalue weighted by molar-refractivity contribution is 5.76. The van der Waals surface area contributed by atoms with Crippen LogP contribution in [0.1, 0.15) is 29.4 Å². The van der Waals surface area contributed by atoms with Gasteiger partial charge in [0.1, 0.15) is 18.1 Å². The highest BCUT2D eigenvalue weighted by atomic mass is 16.5. The molecule has 1 saturated heterocycles. The summed E-state index contributed by atoms with van der Waals surface area (Å²) in [6.07, 6.45) is 1.77. The number of aromatic hydroxyl groups is 1. The molecule has 2 aromatic rings. The molecule has 8 heteroatoms. The predicted molar refractivity (Wildman–Crippen MR) is 109 cm³/mol. The van der Waals surface area contributed by atoms with Gasteiger partial charge in [-0.05, 0) is 17.7 Å². The van der Waals surface area contributed by atoms with Crippen molar-refractivity contribution in [3.05, 3.63) is 63.2 Å². The molecule has 0 saturated carbocycles. The average molecular weight is 412 g/mol. The van der Waals surface area contributed by atoms with E-state index in [-0.39, 0.29) is 18.8 Å². The van der Waals surface area contributed by atoms with Crippen molar-refractivity contribution >= 4 is 12.0 Å². The maximum atomic E-state index is 12.5. The predicted octanol–water partition coefficient (Wildman–Crippen LogP) is 1.61. The van der Waals surface area contributed by atoms with Crippen molar-refractivity contribution in [2.24, 2.45) is 5.73 Å². The van der Waals surface area contributed by atoms with Crippen molar-refractivity contribution in [3.8, 4) is 11.5 Å². The van der Waals surface area contributed by atoms with Crippen molar-refractivity contribution in [3.63, 3.8) is 0 Å². The van der Waals surface area contributed by atoms with E-state index >= 15 is 0 Å². The zero-order chi connectivity index (χ0) is 21.1. The fourth-order valence-corrected chi connectivity index (χ4v) is 3.78. The summed E-state index contributed by atoms with van der Waals surface area (Å²) in [4.78, 5) is 26.4. The van der Waals surface area contributed by atoms with Gasteiger partial charge in [-0.1, -0.05) is 18.2 Å². The lowest BCUT2D eigenvalue weighted by molar-refractivity contribution is -0.118. The number of benzene rings is 1. The third kappa shape index (κ3) is 4.39. The van der Waals surface area contributed by atoms with Gasteiger partial charge in [0, 0.05) is 31.1 Å². The topological polar surface area (TPSA) is 115 Å². The van der Waals surface area contributed by atoms with Crippen LogP contribution in [0.4, 0.5) is 0 Å². The fourth-order valence-electron chi connectivity index (χ4n) is 3.78. The molecule has 8 nitrogen and oxygen atoms in total. The molecule has 3 N–H and O–H groups in total. The number of carbonyl (C=O) groups is 1. The number of morpholine rings is 1. The first-order chi connectivity index (χ1) is 14.5. The number of primary amides is 1. The first kappa shape index (κ1) is 20.2. The highest BCUT2D eigenvalue weighted by Gasteiger charge is 2.29. The molecular formula is C22H24N2O6. The number of para-hydroxylation sites is 1. The molecule has 1 amide bonds. The minimum absolute atomic E-state index is 0.0405. The summed E-state index contributed by atoms with van der Waals surface area (Å²) < 4.78 is 17.1. The Hall–Kier alpha value is -3.10. The van der Waals surface area contributed by atoms with Gasteiger partial charge in [-0.2, -0.15) is 0 Å². The third-order valence-corrected chi connectivity index (χ3v) is 5.31. The van der Waals surface area contributed by atoms with Gasteiger partial charge >= 0.3 is 0 Å². The van der Waals surface area contributed by atoms with Crippen LogP contribution in [0.15, 0.2) is 45.1 Å². The van der Waals surface area contributed by atoms with Crippen LogP contribution in [-0.2, 0) is 16.1 Å². The van der Waals surface area contributed by atoms with E-state index in [9.17, 15) is 14.7 Å². The van der Waals surface area contributed by atoms with E-state index in [0.717, 1.165) is 24.4 Å². The number of hydrogen-bond acceptors (Lipinski definition) is 7. The number of fused-ring (bicyclic) bond motifs is 1. The minimum Gasteiger partial charge on any atom is -0.502 e. The van der Waals surface area contributed by atoms with Gasteiger partial charge in [0.2, 0.25) is 17.1 Å². The molecule has 0 bridgehead atoms. The molecule has 1 fully saturated rings. The van der Waals surface area contributed by atoms with Gasteiger partial charge in [-0.3, -0.25) is 14.5 Å². The van der Waals surface area contributed by atoms with Crippen LogP contribution < -0.4 is 15.9 Å². The first-order valence-corrected chi connectivity index (χ1v) is 9.88. The number of rotatable bonds is 6. The van der Waals surface area contributed by atoms with Crippen molar-refractivity contribution in [1.82, 2.24) is 4.90 Å². The van der Waals surface area contributed by atoms with E-state index in [2.05, 4.69) is 4.90 Å². The Morgan fingerprint density at radius 2 is 2.00 bits per heavy atom. The summed E-state index contributed by atoms with van der Waals surface area (Å²) >= 11 is 0. The van der Waals surface area contributed by atoms with Crippen LogP contribution in [0.2, 0.25) is 0 Å². The van der Waals surface area contributed by atoms with Crippen LogP contribution in [0.25, 0.3) is 6.08 Å². The minimum atomic E-state index is -0.701. The second kappa shape index (κ2) is 8.73. The first-order valence-electron chi connectivity index (χ1n) is 9.88. The van der Waals surface area contributed by atoms with Crippen molar-refractivity contribution in [2.45, 2.75) is 18.9 Å². The van der Waals surface area contributed by atoms with Crippen LogP contribution in [0.3, 0.4) is 0 Å². The number of hydrogen-bond donors (Lipinski definition) is 2. The van der Waals surface area contributed by atoms with Gasteiger partial charge in [-0.15, -0.1) is 0 Å². The Bertz CT molecular complexity index is 1020. The van der Waals surface area contributed by atoms with Crippen LogP contribution in [-0.4, -0.2) is 48.8 Å². The van der Waals surface area contributed by atoms with E-state index in [0.29, 0.717) is 31.1 Å². The van der Waals surface area contributed by atoms with Crippen molar-refractivity contribution in [2.75, 3.05) is 32.9 Å². The number of nitrogens with zero attached hydrogens (tertiary/aromatic N) is 1. The summed E-state index contributed by atoms with van der Waals surface area (Å²) in [6, 6.07) is 8.79. The molecule has 1 aromatic heterocycles. The highest BCUT2D eigenvalue weighted by Crippen LogP contribution is 2.37. The zero-order valence-corrected chi connectivity index (χ0v) is 16.5. The number of amides is 1. The lowest BCUT2D eigenvalue weighted by Gasteiger charge is -2.27. The summed E-state index contributed by atoms with van der Waals surface area (Å²) in [5.74, 6) is -0.591. The zero-order valence-electron chi connectivity index (χ0n) is 16.5. The van der Waals surface area contributed by atoms with Gasteiger partial charge in [0.25, 0.3) is 0 Å². The average Bonchev–Trinajstić information content (AvgIpc) is 2.75. The summed E-state index contributed by atoms with van der Waals surface area (Å²) in [6.45, 7) is 3.28. The molecule has 2 aliphatic heterocycles. The van der Waals surface area contributed by atoms with E-state index in [1.165, 1.54) is 6.07 Å². The third-order valence-electron chi connectivity index (χ3n) is 5.31. The van der Waals surface area contributed by atoms with E-state index in [1.54, 1.807) is 0 Å². The summed E-state index contributed by atoms with van der Waals surface area (Å²) in [5, 5.41) is 10.5. The largest absolute Gasteiger partial charge is 0.502 e. The molecule has 0 spiro atoms. The monoisotopic (exact) mass is 412 g/mol. The fraction of sp³-hybridized carbons (Fsp3) is 0.364. The summed E-state index contributed by atoms with van der Waals surface area (Å²) in [5.41, 5.74) is 6.48. The van der Waals surface area contributed by atoms with Gasteiger partial charge in [0.15, 0.2) is 5.76 Å². The molecule has 0 unspecified atom stereocenters. The molecule has 158 valence electrons. The Balaban J connectivity index is 1.71. The molecule has 4 rings (SSSR count). The Morgan fingerprint density at radius 1 is 1.23 bits per heavy atom. The Kier molecular flexibility index (Phi) is 5.87. The van der Waals surface area contributed by atoms with E-state index in [4.69, 9.17) is 19.6 Å². The maximum absolute atomic E-state index is 12.5. The van der Waals surface area contributed by atoms with Crippen LogP contribution in [0, 0.1) is 0 Å². The maximum Gasteiger partial charge on any atom is 0.227 e. The number of nitrogens with two attached hydrogens (primary N) is 1. The summed E-state index contributed by atoms with van der Waals surface area (Å²) in [7, 11) is 0. The second-order valence-corrected chi connectivity index (χ2v) is 7.45. The quantitative estimate of drug-likeness (QED) is 0.741. The second-order valence-electron chi connectivity index (χ2n) is 7.45. The molecule has 3 heterocycles. The van der Waals surface area contributed by atoms with Gasteiger partial charge in [0.05, 0.1) is 25.7 Å². The van der Waals surface area contributed by atoms with Crippen molar-refractivity contribution < 1.29 is 23.8 Å². The molecule has 0 aliphatic carbocycles. The lowest BCUT2D eigenvalue weighted by Crippen LogP contribution is -2.35. The molecular weight excluding hydrogens is 388 g/mol. The van der Waals surface area contributed by atoms with E-state index in [1.807, 2.05) is 30.3 Å². The van der Waals surface area contributed by atoms with Gasteiger partial charge in [-0.25, -0.2) is 0 Å². The normalized spacial score (nSPS) is 17.5. The van der Waals surface area contributed by atoms with E-state index < -0.39 is 23.0 Å². The van der Waals surface area contributed by atoms with Crippen LogP contribution in [0.5, 0.6) is 11.5 Å². The standard InChI is InChI=1S/C22H24N2O6/c23-20(26)11-17(15-9-14-3-1-2-4-19(14)29-13-15)22-21(27)18(25)10-16(30-22)12-24-5-7-28-8-6-24/h1-4,9-10,17,27H,5-8,11-13H2,(H2,23,26)/t17-/m1/s1. The molecule has 1 aromatic carbocycles. The molecule has 1 atom stereocenters. The van der Waals surface area contributed by atoms with Gasteiger partial charge < -0.3 is 24.7 Å². The SMILES string of the molecule is NC(=O)C[C@H](C1=Cc2ccccc2OC1)c1oc(CN2CCOCC2)cc(=O)c1O. The number of ether oxygens (including phenoxy) is 2. The number of carbonyl (C=O) groups excluding carboxylic acids is 1. The van der Waals surface area contributed by atoms with Crippen LogP contribution >= 0.6 is 0 Å². The molecule has 0 radical (unpaired) electrons. The Morgan fingerprint density at radius 3 is 2.77 bits per heavy atom. The smallest absolute Gasteiger partial charge is 0.227 e. The van der Waals surface area contributed by atoms with Crippen molar-refractivity contribution in [1.29, 1.82) is 0 Å². The Labute approximate surface area is 173 Å². The lowest BCUT2D eigenvalue weighted by atomic mass is 9.89.